The van der Waals surface area contributed by atoms with E-state index in [9.17, 15) is 14.4 Å². The number of thioether (sulfide) groups is 1. The first kappa shape index (κ1) is 36.7. The lowest BCUT2D eigenvalue weighted by molar-refractivity contribution is -0.143. The van der Waals surface area contributed by atoms with E-state index in [0.29, 0.717) is 30.4 Å². The predicted octanol–water partition coefficient (Wildman–Crippen LogP) is 7.83. The van der Waals surface area contributed by atoms with Gasteiger partial charge in [0.05, 0.1) is 11.1 Å². The van der Waals surface area contributed by atoms with Crippen molar-refractivity contribution in [2.75, 3.05) is 18.1 Å². The van der Waals surface area contributed by atoms with Crippen molar-refractivity contribution >= 4 is 85.5 Å². The Balaban J connectivity index is 1.15. The number of carbonyl (C=O) groups excluding carboxylic acids is 2. The van der Waals surface area contributed by atoms with Gasteiger partial charge in [0.1, 0.15) is 20.4 Å². The Morgan fingerprint density at radius 3 is 2.29 bits per heavy atom. The number of amides is 1. The average molecular weight is 782 g/mol. The number of thiocarbonyl (C=S) groups is 1. The zero-order valence-electron chi connectivity index (χ0n) is 30.4. The minimum absolute atomic E-state index is 0.187. The van der Waals surface area contributed by atoms with Crippen molar-refractivity contribution in [3.63, 3.8) is 0 Å². The molecule has 1 aromatic heterocycles. The summed E-state index contributed by atoms with van der Waals surface area (Å²) >= 11 is 7.81. The van der Waals surface area contributed by atoms with Gasteiger partial charge in [-0.25, -0.2) is 0 Å². The highest BCUT2D eigenvalue weighted by Crippen LogP contribution is 2.52. The lowest BCUT2D eigenvalue weighted by Gasteiger charge is -2.27. The maximum atomic E-state index is 13.9. The average Bonchev–Trinajstić information content (AvgIpc) is 3.95. The predicted molar refractivity (Wildman–Crippen MR) is 229 cm³/mol. The molecule has 1 saturated heterocycles. The fourth-order valence-corrected chi connectivity index (χ4v) is 10.4. The van der Waals surface area contributed by atoms with E-state index in [2.05, 4.69) is 102 Å². The molecule has 55 heavy (non-hydrogen) atoms. The Morgan fingerprint density at radius 1 is 0.927 bits per heavy atom. The van der Waals surface area contributed by atoms with Gasteiger partial charge in [0.25, 0.3) is 11.5 Å². The zero-order chi connectivity index (χ0) is 38.1. The van der Waals surface area contributed by atoms with Crippen LogP contribution in [0.3, 0.4) is 0 Å². The van der Waals surface area contributed by atoms with Gasteiger partial charge in [-0.3, -0.25) is 23.9 Å². The second-order valence-corrected chi connectivity index (χ2v) is 16.4. The molecule has 3 heterocycles. The monoisotopic (exact) mass is 781 g/mol. The highest BCUT2D eigenvalue weighted by Gasteiger charge is 2.42. The summed E-state index contributed by atoms with van der Waals surface area (Å²) < 4.78 is 7.75. The second-order valence-electron chi connectivity index (χ2n) is 13.7. The quantitative estimate of drug-likeness (QED) is 0.0620. The van der Waals surface area contributed by atoms with Crippen molar-refractivity contribution in [2.45, 2.75) is 44.7 Å². The summed E-state index contributed by atoms with van der Waals surface area (Å²) in [4.78, 5) is 44.2. The third-order valence-corrected chi connectivity index (χ3v) is 13.0. The van der Waals surface area contributed by atoms with Gasteiger partial charge in [0.15, 0.2) is 0 Å². The molecule has 0 spiro atoms. The topological polar surface area (TPSA) is 71.9 Å². The van der Waals surface area contributed by atoms with Crippen molar-refractivity contribution in [3.05, 3.63) is 163 Å². The zero-order valence-corrected chi connectivity index (χ0v) is 32.8. The molecule has 8 rings (SSSR count). The Labute approximate surface area is 333 Å². The van der Waals surface area contributed by atoms with Crippen molar-refractivity contribution in [3.8, 4) is 0 Å². The van der Waals surface area contributed by atoms with Crippen LogP contribution < -0.4 is 19.7 Å². The number of benzene rings is 4. The van der Waals surface area contributed by atoms with Crippen molar-refractivity contribution in [2.24, 2.45) is 0 Å². The summed E-state index contributed by atoms with van der Waals surface area (Å²) in [6.07, 6.45) is 9.10. The third kappa shape index (κ3) is 7.17. The fourth-order valence-electron chi connectivity index (χ4n) is 7.90. The molecule has 2 fully saturated rings. The van der Waals surface area contributed by atoms with Crippen LogP contribution >= 0.6 is 35.3 Å². The lowest BCUT2D eigenvalue weighted by atomic mass is 9.95. The Hall–Kier alpha value is -5.29. The van der Waals surface area contributed by atoms with Crippen LogP contribution in [0.5, 0.6) is 0 Å². The molecule has 2 atom stereocenters. The van der Waals surface area contributed by atoms with E-state index in [1.165, 1.54) is 48.8 Å². The van der Waals surface area contributed by atoms with Gasteiger partial charge >= 0.3 is 5.97 Å². The molecule has 2 unspecified atom stereocenters. The summed E-state index contributed by atoms with van der Waals surface area (Å²) in [6, 6.07) is 36.6. The van der Waals surface area contributed by atoms with Crippen molar-refractivity contribution in [1.29, 1.82) is 0 Å². The van der Waals surface area contributed by atoms with E-state index in [1.54, 1.807) is 13.0 Å². The van der Waals surface area contributed by atoms with Gasteiger partial charge in [0, 0.05) is 29.9 Å². The van der Waals surface area contributed by atoms with Crippen LogP contribution in [-0.2, 0) is 20.9 Å². The highest BCUT2D eigenvalue weighted by molar-refractivity contribution is 8.30. The van der Waals surface area contributed by atoms with Crippen molar-refractivity contribution < 1.29 is 14.3 Å². The number of ether oxygens (including phenoxy) is 1. The Kier molecular flexibility index (Phi) is 10.6. The molecule has 1 amide bonds. The fraction of sp³-hybridized carbons (Fsp3) is 0.200. The maximum absolute atomic E-state index is 13.9. The van der Waals surface area contributed by atoms with Crippen LogP contribution in [0.2, 0.25) is 0 Å². The van der Waals surface area contributed by atoms with Gasteiger partial charge in [-0.1, -0.05) is 115 Å². The number of esters is 1. The van der Waals surface area contributed by atoms with Crippen LogP contribution in [0.25, 0.3) is 22.6 Å². The molecule has 7 nitrogen and oxygen atoms in total. The lowest BCUT2D eigenvalue weighted by Crippen LogP contribution is -2.36. The molecule has 3 aliphatic rings. The molecule has 276 valence electrons. The van der Waals surface area contributed by atoms with Gasteiger partial charge in [-0.05, 0) is 89.6 Å². The summed E-state index contributed by atoms with van der Waals surface area (Å²) in [7, 11) is 0. The minimum Gasteiger partial charge on any atom is -0.465 e. The highest BCUT2D eigenvalue weighted by atomic mass is 32.2. The van der Waals surface area contributed by atoms with Gasteiger partial charge in [-0.2, -0.15) is 0 Å². The van der Waals surface area contributed by atoms with Gasteiger partial charge in [0.2, 0.25) is 0 Å². The number of rotatable bonds is 10. The van der Waals surface area contributed by atoms with Crippen LogP contribution in [0.4, 0.5) is 11.4 Å². The number of anilines is 2. The maximum Gasteiger partial charge on any atom is 0.326 e. The number of hydrogen-bond donors (Lipinski definition) is 0. The van der Waals surface area contributed by atoms with Crippen LogP contribution in [0, 0.1) is 0 Å². The molecule has 4 aromatic carbocycles. The molecule has 0 N–H and O–H groups in total. The smallest absolute Gasteiger partial charge is 0.326 e. The molecular formula is C45H39N3O4S3. The summed E-state index contributed by atoms with van der Waals surface area (Å²) in [5.74, 6) is -0.467. The number of thiazole rings is 1. The SMILES string of the molecule is C=CCN1C(=O)C(=c2sc(=Cc3ccc4c(c3)C3CCCC3N4c3ccc(C=C(c4ccccc4)c4ccccc4)cc3)c(=O)n2CC(=O)OCC)SC1=S. The van der Waals surface area contributed by atoms with E-state index in [0.717, 1.165) is 47.8 Å². The molecule has 5 aromatic rings. The van der Waals surface area contributed by atoms with Crippen LogP contribution in [0.1, 0.15) is 59.9 Å². The first-order valence-electron chi connectivity index (χ1n) is 18.5. The molecule has 1 aliphatic carbocycles. The number of fused-ring (bicyclic) bond motifs is 3. The largest absolute Gasteiger partial charge is 0.465 e. The van der Waals surface area contributed by atoms with E-state index < -0.39 is 5.97 Å². The molecule has 2 aliphatic heterocycles. The first-order chi connectivity index (χ1) is 26.8. The summed E-state index contributed by atoms with van der Waals surface area (Å²) in [5, 5.41) is 0. The summed E-state index contributed by atoms with van der Waals surface area (Å²) in [6.45, 7) is 5.61. The molecule has 10 heteroatoms. The molecular weight excluding hydrogens is 743 g/mol. The van der Waals surface area contributed by atoms with E-state index in [-0.39, 0.29) is 31.2 Å². The summed E-state index contributed by atoms with van der Waals surface area (Å²) in [5.41, 5.74) is 8.84. The number of hydrogen-bond acceptors (Lipinski definition) is 8. The number of nitrogens with zero attached hydrogens (tertiary/aromatic N) is 3. The molecule has 1 saturated carbocycles. The van der Waals surface area contributed by atoms with Gasteiger partial charge < -0.3 is 9.64 Å². The van der Waals surface area contributed by atoms with E-state index >= 15 is 0 Å². The van der Waals surface area contributed by atoms with E-state index in [1.807, 2.05) is 24.3 Å². The standard InChI is InChI=1S/C45H39N3O4S3/c1-3-24-46-43(51)41(55-45(46)53)44-47(28-40(49)52-4-2)42(50)39(54-44)27-30-20-23-38-36(26-30)34-16-11-17-37(34)48(38)33-21-18-29(19-22-33)25-35(31-12-7-5-8-13-31)32-14-9-6-10-15-32/h3,5-10,12-15,18-23,25-27,34,37H,1,4,11,16-17,24,28H2,2H3. The number of carbonyl (C=O) groups is 2. The minimum atomic E-state index is -0.543. The Bertz CT molecular complexity index is 2480. The first-order valence-corrected chi connectivity index (χ1v) is 20.5. The van der Waals surface area contributed by atoms with Crippen molar-refractivity contribution in [1.82, 2.24) is 9.47 Å². The van der Waals surface area contributed by atoms with Gasteiger partial charge in [-0.15, -0.1) is 17.9 Å². The molecule has 0 bridgehead atoms. The van der Waals surface area contributed by atoms with E-state index in [4.69, 9.17) is 17.0 Å². The number of aromatic nitrogens is 1. The normalized spacial score (nSPS) is 18.7. The molecule has 0 radical (unpaired) electrons. The second kappa shape index (κ2) is 15.8. The third-order valence-electron chi connectivity index (χ3n) is 10.3. The van der Waals surface area contributed by atoms with Crippen LogP contribution in [-0.4, -0.2) is 44.9 Å². The van der Waals surface area contributed by atoms with Crippen LogP contribution in [0.15, 0.2) is 121 Å². The Morgan fingerprint density at radius 2 is 1.62 bits per heavy atom.